The molecule has 1 heterocycles. The van der Waals surface area contributed by atoms with E-state index in [-0.39, 0.29) is 5.91 Å². The lowest BCUT2D eigenvalue weighted by atomic mass is 10.2. The molecule has 1 aromatic rings. The molecule has 0 aliphatic rings. The zero-order chi connectivity index (χ0) is 12.0. The van der Waals surface area contributed by atoms with Gasteiger partial charge in [-0.05, 0) is 19.9 Å². The maximum absolute atomic E-state index is 11.5. The van der Waals surface area contributed by atoms with Gasteiger partial charge in [-0.3, -0.25) is 9.78 Å². The first-order valence-electron chi connectivity index (χ1n) is 5.45. The molecule has 4 heteroatoms. The van der Waals surface area contributed by atoms with E-state index in [1.165, 1.54) is 5.01 Å². The second kappa shape index (κ2) is 6.00. The Morgan fingerprint density at radius 1 is 1.50 bits per heavy atom. The Morgan fingerprint density at radius 2 is 2.25 bits per heavy atom. The Balaban J connectivity index is 2.86. The van der Waals surface area contributed by atoms with Crippen molar-refractivity contribution in [2.24, 2.45) is 5.10 Å². The molecule has 86 valence electrons. The minimum atomic E-state index is 0.0331. The molecule has 1 rings (SSSR count). The van der Waals surface area contributed by atoms with Crippen LogP contribution in [0.3, 0.4) is 0 Å². The highest BCUT2D eigenvalue weighted by Gasteiger charge is 2.08. The minimum Gasteiger partial charge on any atom is -0.273 e. The highest BCUT2D eigenvalue weighted by Crippen LogP contribution is 2.02. The van der Waals surface area contributed by atoms with Crippen LogP contribution in [0.15, 0.2) is 29.6 Å². The van der Waals surface area contributed by atoms with Crippen LogP contribution in [0.1, 0.15) is 32.8 Å². The van der Waals surface area contributed by atoms with Crippen molar-refractivity contribution in [3.8, 4) is 0 Å². The summed E-state index contributed by atoms with van der Waals surface area (Å²) in [5, 5.41) is 5.78. The van der Waals surface area contributed by atoms with Crippen LogP contribution in [0.4, 0.5) is 0 Å². The molecule has 0 saturated heterocycles. The van der Waals surface area contributed by atoms with Crippen LogP contribution in [-0.2, 0) is 4.79 Å². The molecule has 0 spiro atoms. The number of hydrogen-bond acceptors (Lipinski definition) is 3. The number of nitrogens with zero attached hydrogens (tertiary/aromatic N) is 3. The molecule has 4 nitrogen and oxygen atoms in total. The van der Waals surface area contributed by atoms with Crippen LogP contribution >= 0.6 is 0 Å². The number of aromatic nitrogens is 1. The fourth-order valence-electron chi connectivity index (χ4n) is 1.30. The lowest BCUT2D eigenvalue weighted by molar-refractivity contribution is -0.130. The summed E-state index contributed by atoms with van der Waals surface area (Å²) in [7, 11) is 0. The second-order valence-electron chi connectivity index (χ2n) is 3.39. The monoisotopic (exact) mass is 219 g/mol. The summed E-state index contributed by atoms with van der Waals surface area (Å²) < 4.78 is 0. The molecular weight excluding hydrogens is 202 g/mol. The molecule has 0 atom stereocenters. The first-order valence-corrected chi connectivity index (χ1v) is 5.45. The molecular formula is C12H17N3O. The van der Waals surface area contributed by atoms with Gasteiger partial charge in [-0.2, -0.15) is 5.10 Å². The summed E-state index contributed by atoms with van der Waals surface area (Å²) in [6.45, 7) is 6.21. The van der Waals surface area contributed by atoms with Gasteiger partial charge in [0.1, 0.15) is 0 Å². The third-order valence-electron chi connectivity index (χ3n) is 2.24. The van der Waals surface area contributed by atoms with Gasteiger partial charge in [-0.15, -0.1) is 0 Å². The molecule has 1 amide bonds. The number of pyridine rings is 1. The zero-order valence-electron chi connectivity index (χ0n) is 9.97. The van der Waals surface area contributed by atoms with Crippen LogP contribution in [0, 0.1) is 0 Å². The molecule has 0 unspecified atom stereocenters. The van der Waals surface area contributed by atoms with Crippen LogP contribution in [0.25, 0.3) is 0 Å². The summed E-state index contributed by atoms with van der Waals surface area (Å²) in [5.41, 5.74) is 1.74. The van der Waals surface area contributed by atoms with Gasteiger partial charge in [0.2, 0.25) is 5.91 Å². The van der Waals surface area contributed by atoms with E-state index in [0.29, 0.717) is 13.0 Å². The summed E-state index contributed by atoms with van der Waals surface area (Å²) in [5.74, 6) is 0.0331. The highest BCUT2D eigenvalue weighted by molar-refractivity contribution is 5.98. The second-order valence-corrected chi connectivity index (χ2v) is 3.39. The number of amides is 1. The maximum Gasteiger partial charge on any atom is 0.242 e. The Labute approximate surface area is 96.0 Å². The molecule has 0 bridgehead atoms. The molecule has 0 aliphatic carbocycles. The van der Waals surface area contributed by atoms with Crippen LogP contribution < -0.4 is 0 Å². The molecule has 0 aromatic carbocycles. The first kappa shape index (κ1) is 12.4. The summed E-state index contributed by atoms with van der Waals surface area (Å²) in [4.78, 5) is 15.5. The molecule has 0 fully saturated rings. The van der Waals surface area contributed by atoms with Gasteiger partial charge < -0.3 is 0 Å². The number of carbonyl (C=O) groups excluding carboxylic acids is 1. The molecule has 16 heavy (non-hydrogen) atoms. The summed E-state index contributed by atoms with van der Waals surface area (Å²) in [6.07, 6.45) is 3.92. The van der Waals surface area contributed by atoms with Crippen LogP contribution in [0.2, 0.25) is 0 Å². The SMILES string of the molecule is CCC(=O)N(CC)N=C(C)c1cccnc1. The van der Waals surface area contributed by atoms with Crippen molar-refractivity contribution >= 4 is 11.6 Å². The van der Waals surface area contributed by atoms with Gasteiger partial charge in [0, 0.05) is 30.9 Å². The van der Waals surface area contributed by atoms with Crippen molar-refractivity contribution in [1.29, 1.82) is 0 Å². The van der Waals surface area contributed by atoms with E-state index in [2.05, 4.69) is 10.1 Å². The number of carbonyl (C=O) groups is 1. The average Bonchev–Trinajstić information content (AvgIpc) is 2.35. The molecule has 0 radical (unpaired) electrons. The molecule has 1 aromatic heterocycles. The predicted molar refractivity (Wildman–Crippen MR) is 64.1 cm³/mol. The third kappa shape index (κ3) is 3.15. The zero-order valence-corrected chi connectivity index (χ0v) is 9.97. The summed E-state index contributed by atoms with van der Waals surface area (Å²) >= 11 is 0. The van der Waals surface area contributed by atoms with Crippen LogP contribution in [-0.4, -0.2) is 28.2 Å². The van der Waals surface area contributed by atoms with E-state index in [0.717, 1.165) is 11.3 Å². The average molecular weight is 219 g/mol. The third-order valence-corrected chi connectivity index (χ3v) is 2.24. The fourth-order valence-corrected chi connectivity index (χ4v) is 1.30. The topological polar surface area (TPSA) is 45.6 Å². The Morgan fingerprint density at radius 3 is 2.75 bits per heavy atom. The number of hydrazone groups is 1. The van der Waals surface area contributed by atoms with Crippen LogP contribution in [0.5, 0.6) is 0 Å². The van der Waals surface area contributed by atoms with E-state index in [1.54, 1.807) is 12.4 Å². The van der Waals surface area contributed by atoms with Gasteiger partial charge in [-0.1, -0.05) is 13.0 Å². The van der Waals surface area contributed by atoms with Gasteiger partial charge >= 0.3 is 0 Å². The number of rotatable bonds is 4. The Kier molecular flexibility index (Phi) is 4.64. The smallest absolute Gasteiger partial charge is 0.242 e. The quantitative estimate of drug-likeness (QED) is 0.574. The van der Waals surface area contributed by atoms with Gasteiger partial charge in [0.05, 0.1) is 5.71 Å². The van der Waals surface area contributed by atoms with E-state index >= 15 is 0 Å². The predicted octanol–water partition coefficient (Wildman–Crippen LogP) is 2.06. The van der Waals surface area contributed by atoms with Gasteiger partial charge in [0.25, 0.3) is 0 Å². The van der Waals surface area contributed by atoms with Crippen molar-refractivity contribution in [1.82, 2.24) is 9.99 Å². The molecule has 0 saturated carbocycles. The summed E-state index contributed by atoms with van der Waals surface area (Å²) in [6, 6.07) is 3.78. The van der Waals surface area contributed by atoms with E-state index < -0.39 is 0 Å². The minimum absolute atomic E-state index is 0.0331. The van der Waals surface area contributed by atoms with E-state index in [4.69, 9.17) is 0 Å². The van der Waals surface area contributed by atoms with Crippen molar-refractivity contribution in [3.05, 3.63) is 30.1 Å². The lowest BCUT2D eigenvalue weighted by Crippen LogP contribution is -2.26. The Bertz CT molecular complexity index is 373. The largest absolute Gasteiger partial charge is 0.273 e. The number of hydrogen-bond donors (Lipinski definition) is 0. The maximum atomic E-state index is 11.5. The molecule has 0 N–H and O–H groups in total. The standard InChI is InChI=1S/C12H17N3O/c1-4-12(16)15(5-2)14-10(3)11-7-6-8-13-9-11/h6-9H,4-5H2,1-3H3. The van der Waals surface area contributed by atoms with E-state index in [9.17, 15) is 4.79 Å². The normalized spacial score (nSPS) is 11.3. The Hall–Kier alpha value is -1.71. The molecule has 0 aliphatic heterocycles. The lowest BCUT2D eigenvalue weighted by Gasteiger charge is -2.15. The van der Waals surface area contributed by atoms with Gasteiger partial charge in [-0.25, -0.2) is 5.01 Å². The van der Waals surface area contributed by atoms with Gasteiger partial charge in [0.15, 0.2) is 0 Å². The van der Waals surface area contributed by atoms with Crippen molar-refractivity contribution in [3.63, 3.8) is 0 Å². The highest BCUT2D eigenvalue weighted by atomic mass is 16.2. The van der Waals surface area contributed by atoms with Crippen molar-refractivity contribution in [2.75, 3.05) is 6.54 Å². The van der Waals surface area contributed by atoms with Crippen molar-refractivity contribution < 1.29 is 4.79 Å². The van der Waals surface area contributed by atoms with Crippen molar-refractivity contribution in [2.45, 2.75) is 27.2 Å². The van der Waals surface area contributed by atoms with E-state index in [1.807, 2.05) is 32.9 Å². The fraction of sp³-hybridized carbons (Fsp3) is 0.417. The first-order chi connectivity index (χ1) is 7.69.